The minimum absolute atomic E-state index is 0. The number of ether oxygens (including phenoxy) is 2. The topological polar surface area (TPSA) is 58.1 Å². The SMILES string of the molecule is CN=C(NCc1ccc(C)cc1OCCOC)NCC(C)CN1CCCC1.I. The number of rotatable bonds is 10. The molecule has 2 rings (SSSR count). The van der Waals surface area contributed by atoms with E-state index in [2.05, 4.69) is 52.6 Å². The van der Waals surface area contributed by atoms with Gasteiger partial charge in [-0.2, -0.15) is 0 Å². The fraction of sp³-hybridized carbons (Fsp3) is 0.667. The highest BCUT2D eigenvalue weighted by Gasteiger charge is 2.15. The van der Waals surface area contributed by atoms with Crippen LogP contribution in [0.2, 0.25) is 0 Å². The first-order valence-electron chi connectivity index (χ1n) is 10.0. The van der Waals surface area contributed by atoms with Crippen molar-refractivity contribution in [2.75, 3.05) is 53.6 Å². The molecule has 0 spiro atoms. The molecule has 1 fully saturated rings. The molecule has 0 aliphatic carbocycles. The Morgan fingerprint density at radius 3 is 2.64 bits per heavy atom. The third kappa shape index (κ3) is 8.96. The average molecular weight is 504 g/mol. The number of halogens is 1. The van der Waals surface area contributed by atoms with E-state index in [1.165, 1.54) is 31.5 Å². The van der Waals surface area contributed by atoms with Gasteiger partial charge >= 0.3 is 0 Å². The second kappa shape index (κ2) is 14.0. The average Bonchev–Trinajstić information content (AvgIpc) is 3.16. The van der Waals surface area contributed by atoms with E-state index in [0.717, 1.165) is 30.4 Å². The number of hydrogen-bond donors (Lipinski definition) is 2. The van der Waals surface area contributed by atoms with Crippen LogP contribution in [0.5, 0.6) is 5.75 Å². The van der Waals surface area contributed by atoms with Crippen LogP contribution < -0.4 is 15.4 Å². The predicted octanol–water partition coefficient (Wildman–Crippen LogP) is 3.04. The monoisotopic (exact) mass is 504 g/mol. The molecule has 7 heteroatoms. The van der Waals surface area contributed by atoms with E-state index in [0.29, 0.717) is 25.7 Å². The van der Waals surface area contributed by atoms with Crippen LogP contribution in [0.25, 0.3) is 0 Å². The Labute approximate surface area is 187 Å². The maximum absolute atomic E-state index is 5.87. The summed E-state index contributed by atoms with van der Waals surface area (Å²) in [5, 5.41) is 6.85. The number of methoxy groups -OCH3 is 1. The number of nitrogens with one attached hydrogen (secondary N) is 2. The molecule has 1 unspecified atom stereocenters. The molecule has 6 nitrogen and oxygen atoms in total. The number of aliphatic imine (C=N–C) groups is 1. The van der Waals surface area contributed by atoms with Crippen LogP contribution in [0.1, 0.15) is 30.9 Å². The number of guanidine groups is 1. The summed E-state index contributed by atoms with van der Waals surface area (Å²) in [5.41, 5.74) is 2.30. The van der Waals surface area contributed by atoms with Gasteiger partial charge in [0.2, 0.25) is 0 Å². The first-order valence-corrected chi connectivity index (χ1v) is 10.0. The first-order chi connectivity index (χ1) is 13.1. The molecule has 160 valence electrons. The van der Waals surface area contributed by atoms with Crippen LogP contribution in [-0.2, 0) is 11.3 Å². The second-order valence-corrected chi connectivity index (χ2v) is 7.37. The summed E-state index contributed by atoms with van der Waals surface area (Å²) in [5.74, 6) is 2.32. The Balaban J connectivity index is 0.00000392. The minimum Gasteiger partial charge on any atom is -0.491 e. The van der Waals surface area contributed by atoms with E-state index >= 15 is 0 Å². The zero-order chi connectivity index (χ0) is 19.5. The quantitative estimate of drug-likeness (QED) is 0.222. The van der Waals surface area contributed by atoms with Crippen molar-refractivity contribution < 1.29 is 9.47 Å². The van der Waals surface area contributed by atoms with Crippen molar-refractivity contribution in [2.45, 2.75) is 33.2 Å². The van der Waals surface area contributed by atoms with Gasteiger partial charge in [0, 0.05) is 39.4 Å². The van der Waals surface area contributed by atoms with E-state index in [1.807, 2.05) is 7.05 Å². The highest BCUT2D eigenvalue weighted by molar-refractivity contribution is 14.0. The van der Waals surface area contributed by atoms with Crippen molar-refractivity contribution in [1.82, 2.24) is 15.5 Å². The lowest BCUT2D eigenvalue weighted by molar-refractivity contribution is 0.145. The Bertz CT molecular complexity index is 592. The third-order valence-corrected chi connectivity index (χ3v) is 4.82. The van der Waals surface area contributed by atoms with Gasteiger partial charge in [-0.1, -0.05) is 19.1 Å². The van der Waals surface area contributed by atoms with E-state index in [4.69, 9.17) is 9.47 Å². The molecule has 1 aliphatic heterocycles. The molecule has 0 amide bonds. The maximum atomic E-state index is 5.87. The number of benzene rings is 1. The van der Waals surface area contributed by atoms with Crippen LogP contribution in [0.3, 0.4) is 0 Å². The Kier molecular flexibility index (Phi) is 12.5. The fourth-order valence-corrected chi connectivity index (χ4v) is 3.32. The normalized spacial score (nSPS) is 15.8. The lowest BCUT2D eigenvalue weighted by Gasteiger charge is -2.21. The molecule has 28 heavy (non-hydrogen) atoms. The van der Waals surface area contributed by atoms with Gasteiger partial charge in [-0.15, -0.1) is 24.0 Å². The summed E-state index contributed by atoms with van der Waals surface area (Å²) < 4.78 is 10.9. The third-order valence-electron chi connectivity index (χ3n) is 4.82. The van der Waals surface area contributed by atoms with Gasteiger partial charge in [0.1, 0.15) is 12.4 Å². The minimum atomic E-state index is 0. The number of aryl methyl sites for hydroxylation is 1. The fourth-order valence-electron chi connectivity index (χ4n) is 3.32. The van der Waals surface area contributed by atoms with Crippen LogP contribution >= 0.6 is 24.0 Å². The molecule has 0 saturated carbocycles. The van der Waals surface area contributed by atoms with Crippen LogP contribution in [-0.4, -0.2) is 64.4 Å². The Morgan fingerprint density at radius 1 is 1.21 bits per heavy atom. The Morgan fingerprint density at radius 2 is 1.96 bits per heavy atom. The molecule has 0 aromatic heterocycles. The van der Waals surface area contributed by atoms with Crippen LogP contribution in [0, 0.1) is 12.8 Å². The molecular weight excluding hydrogens is 467 g/mol. The molecule has 1 atom stereocenters. The Hall–Kier alpha value is -1.06. The van der Waals surface area contributed by atoms with Crippen LogP contribution in [0.4, 0.5) is 0 Å². The van der Waals surface area contributed by atoms with Gasteiger partial charge in [-0.3, -0.25) is 4.99 Å². The smallest absolute Gasteiger partial charge is 0.191 e. The lowest BCUT2D eigenvalue weighted by Crippen LogP contribution is -2.41. The second-order valence-electron chi connectivity index (χ2n) is 7.37. The molecule has 1 saturated heterocycles. The van der Waals surface area contributed by atoms with Crippen LogP contribution in [0.15, 0.2) is 23.2 Å². The summed E-state index contributed by atoms with van der Waals surface area (Å²) >= 11 is 0. The number of nitrogens with zero attached hydrogens (tertiary/aromatic N) is 2. The van der Waals surface area contributed by atoms with Gasteiger partial charge in [0.25, 0.3) is 0 Å². The highest BCUT2D eigenvalue weighted by Crippen LogP contribution is 2.20. The highest BCUT2D eigenvalue weighted by atomic mass is 127. The summed E-state index contributed by atoms with van der Waals surface area (Å²) in [6, 6.07) is 6.28. The zero-order valence-corrected chi connectivity index (χ0v) is 20.1. The molecule has 1 aromatic rings. The molecule has 2 N–H and O–H groups in total. The van der Waals surface area contributed by atoms with Crippen molar-refractivity contribution in [3.63, 3.8) is 0 Å². The van der Waals surface area contributed by atoms with E-state index in [-0.39, 0.29) is 24.0 Å². The summed E-state index contributed by atoms with van der Waals surface area (Å²) in [4.78, 5) is 6.90. The molecule has 1 aromatic carbocycles. The molecule has 0 radical (unpaired) electrons. The molecular formula is C21H37IN4O2. The van der Waals surface area contributed by atoms with Crippen molar-refractivity contribution in [1.29, 1.82) is 0 Å². The van der Waals surface area contributed by atoms with E-state index < -0.39 is 0 Å². The number of likely N-dealkylation sites (tertiary alicyclic amines) is 1. The van der Waals surface area contributed by atoms with Gasteiger partial charge < -0.3 is 25.0 Å². The molecule has 1 heterocycles. The van der Waals surface area contributed by atoms with Gasteiger partial charge in [0.15, 0.2) is 5.96 Å². The van der Waals surface area contributed by atoms with E-state index in [9.17, 15) is 0 Å². The van der Waals surface area contributed by atoms with Crippen molar-refractivity contribution >= 4 is 29.9 Å². The predicted molar refractivity (Wildman–Crippen MR) is 127 cm³/mol. The van der Waals surface area contributed by atoms with Crippen molar-refractivity contribution in [3.8, 4) is 5.75 Å². The molecule has 1 aliphatic rings. The van der Waals surface area contributed by atoms with E-state index in [1.54, 1.807) is 7.11 Å². The van der Waals surface area contributed by atoms with Crippen molar-refractivity contribution in [3.05, 3.63) is 29.3 Å². The zero-order valence-electron chi connectivity index (χ0n) is 17.8. The van der Waals surface area contributed by atoms with Gasteiger partial charge in [-0.25, -0.2) is 0 Å². The summed E-state index contributed by atoms with van der Waals surface area (Å²) in [7, 11) is 3.49. The maximum Gasteiger partial charge on any atom is 0.191 e. The van der Waals surface area contributed by atoms with Gasteiger partial charge in [-0.05, 0) is 50.4 Å². The lowest BCUT2D eigenvalue weighted by atomic mass is 10.1. The standard InChI is InChI=1S/C21H36N4O2.HI/c1-17-7-8-19(20(13-17)27-12-11-26-4)15-24-21(22-3)23-14-18(2)16-25-9-5-6-10-25;/h7-8,13,18H,5-6,9-12,14-16H2,1-4H3,(H2,22,23,24);1H. The largest absolute Gasteiger partial charge is 0.491 e. The first kappa shape index (κ1) is 25.0. The number of hydrogen-bond acceptors (Lipinski definition) is 4. The van der Waals surface area contributed by atoms with Crippen molar-refractivity contribution in [2.24, 2.45) is 10.9 Å². The van der Waals surface area contributed by atoms with Gasteiger partial charge in [0.05, 0.1) is 6.61 Å². The summed E-state index contributed by atoms with van der Waals surface area (Å²) in [6.45, 7) is 10.7. The molecule has 0 bridgehead atoms. The summed E-state index contributed by atoms with van der Waals surface area (Å²) in [6.07, 6.45) is 2.68.